The molecule has 6 N–H and O–H groups in total. The Hall–Kier alpha value is -2.08. The number of nitrogens with two attached hydrogens (primary N) is 2. The van der Waals surface area contributed by atoms with E-state index in [1.807, 2.05) is 0 Å². The molecule has 0 bridgehead atoms. The van der Waals surface area contributed by atoms with Crippen LogP contribution < -0.4 is 22.1 Å². The van der Waals surface area contributed by atoms with Crippen LogP contribution in [-0.4, -0.2) is 18.5 Å². The quantitative estimate of drug-likeness (QED) is 0.655. The van der Waals surface area contributed by atoms with E-state index in [9.17, 15) is 9.59 Å². The zero-order chi connectivity index (χ0) is 13.9. The van der Waals surface area contributed by atoms with Crippen LogP contribution in [0.25, 0.3) is 0 Å². The fraction of sp³-hybridized carbons (Fsp3) is 0.385. The molecule has 1 aliphatic rings. The van der Waals surface area contributed by atoms with Gasteiger partial charge in [-0.15, -0.1) is 0 Å². The molecular formula is C13H18N4O2. The second-order valence-corrected chi connectivity index (χ2v) is 4.86. The van der Waals surface area contributed by atoms with Gasteiger partial charge in [0.15, 0.2) is 0 Å². The summed E-state index contributed by atoms with van der Waals surface area (Å²) in [6, 6.07) is 6.21. The first kappa shape index (κ1) is 13.4. The van der Waals surface area contributed by atoms with Crippen LogP contribution >= 0.6 is 0 Å². The number of benzene rings is 1. The van der Waals surface area contributed by atoms with Crippen molar-refractivity contribution in [1.29, 1.82) is 0 Å². The van der Waals surface area contributed by atoms with E-state index in [4.69, 9.17) is 11.5 Å². The molecule has 0 saturated heterocycles. The Balaban J connectivity index is 2.06. The number of primary amides is 1. The summed E-state index contributed by atoms with van der Waals surface area (Å²) in [5, 5.41) is 5.30. The fourth-order valence-electron chi connectivity index (χ4n) is 2.21. The van der Waals surface area contributed by atoms with E-state index in [1.165, 1.54) is 0 Å². The molecule has 1 fully saturated rings. The van der Waals surface area contributed by atoms with Gasteiger partial charge in [-0.25, -0.2) is 4.79 Å². The van der Waals surface area contributed by atoms with E-state index >= 15 is 0 Å². The van der Waals surface area contributed by atoms with Crippen LogP contribution in [0.2, 0.25) is 0 Å². The average Bonchev–Trinajstić information content (AvgIpc) is 2.27. The fourth-order valence-corrected chi connectivity index (χ4v) is 2.21. The van der Waals surface area contributed by atoms with Crippen molar-refractivity contribution in [3.05, 3.63) is 24.3 Å². The molecule has 0 unspecified atom stereocenters. The van der Waals surface area contributed by atoms with Crippen LogP contribution in [0.3, 0.4) is 0 Å². The molecule has 3 amide bonds. The zero-order valence-electron chi connectivity index (χ0n) is 10.6. The van der Waals surface area contributed by atoms with Gasteiger partial charge >= 0.3 is 6.03 Å². The third-order valence-corrected chi connectivity index (χ3v) is 3.57. The molecule has 102 valence electrons. The lowest BCUT2D eigenvalue weighted by molar-refractivity contribution is -0.129. The van der Waals surface area contributed by atoms with Crippen LogP contribution in [0.5, 0.6) is 0 Å². The first-order valence-electron chi connectivity index (χ1n) is 6.24. The van der Waals surface area contributed by atoms with E-state index in [0.29, 0.717) is 17.9 Å². The van der Waals surface area contributed by atoms with Gasteiger partial charge in [-0.1, -0.05) is 12.5 Å². The van der Waals surface area contributed by atoms with Crippen molar-refractivity contribution in [3.63, 3.8) is 0 Å². The van der Waals surface area contributed by atoms with Crippen LogP contribution in [0.1, 0.15) is 19.3 Å². The van der Waals surface area contributed by atoms with Crippen molar-refractivity contribution >= 4 is 23.3 Å². The molecule has 1 aromatic rings. The topological polar surface area (TPSA) is 110 Å². The van der Waals surface area contributed by atoms with Crippen LogP contribution in [0.15, 0.2) is 24.3 Å². The Kier molecular flexibility index (Phi) is 3.71. The third-order valence-electron chi connectivity index (χ3n) is 3.57. The van der Waals surface area contributed by atoms with Gasteiger partial charge in [0, 0.05) is 17.9 Å². The highest BCUT2D eigenvalue weighted by Gasteiger charge is 2.42. The van der Waals surface area contributed by atoms with Gasteiger partial charge in [0.1, 0.15) is 0 Å². The summed E-state index contributed by atoms with van der Waals surface area (Å²) in [7, 11) is 0. The molecule has 0 aliphatic heterocycles. The van der Waals surface area contributed by atoms with Gasteiger partial charge in [0.2, 0.25) is 5.91 Å². The molecule has 0 aromatic heterocycles. The van der Waals surface area contributed by atoms with E-state index in [1.54, 1.807) is 24.3 Å². The number of hydrogen-bond donors (Lipinski definition) is 4. The summed E-state index contributed by atoms with van der Waals surface area (Å²) >= 11 is 0. The van der Waals surface area contributed by atoms with Crippen molar-refractivity contribution < 1.29 is 9.59 Å². The summed E-state index contributed by atoms with van der Waals surface area (Å²) in [5.41, 5.74) is 11.5. The molecule has 19 heavy (non-hydrogen) atoms. The van der Waals surface area contributed by atoms with Crippen molar-refractivity contribution in [2.24, 2.45) is 16.9 Å². The smallest absolute Gasteiger partial charge is 0.316 e. The number of hydrogen-bond acceptors (Lipinski definition) is 3. The van der Waals surface area contributed by atoms with Gasteiger partial charge < -0.3 is 22.1 Å². The molecule has 0 spiro atoms. The van der Waals surface area contributed by atoms with Gasteiger partial charge in [-0.2, -0.15) is 0 Å². The molecule has 0 radical (unpaired) electrons. The number of anilines is 2. The molecular weight excluding hydrogens is 244 g/mol. The third kappa shape index (κ3) is 2.85. The van der Waals surface area contributed by atoms with Crippen LogP contribution in [0, 0.1) is 5.41 Å². The summed E-state index contributed by atoms with van der Waals surface area (Å²) < 4.78 is 0. The van der Waals surface area contributed by atoms with E-state index < -0.39 is 11.4 Å². The first-order chi connectivity index (χ1) is 9.05. The predicted molar refractivity (Wildman–Crippen MR) is 73.6 cm³/mol. The van der Waals surface area contributed by atoms with E-state index in [2.05, 4.69) is 10.6 Å². The Labute approximate surface area is 111 Å². The van der Waals surface area contributed by atoms with Crippen molar-refractivity contribution in [2.45, 2.75) is 19.3 Å². The second-order valence-electron chi connectivity index (χ2n) is 4.86. The summed E-state index contributed by atoms with van der Waals surface area (Å²) in [6.45, 7) is 0.359. The normalized spacial score (nSPS) is 16.3. The monoisotopic (exact) mass is 262 g/mol. The number of amides is 3. The first-order valence-corrected chi connectivity index (χ1v) is 6.24. The lowest BCUT2D eigenvalue weighted by Gasteiger charge is -2.39. The highest BCUT2D eigenvalue weighted by molar-refractivity contribution is 5.97. The van der Waals surface area contributed by atoms with Crippen LogP contribution in [-0.2, 0) is 4.79 Å². The number of urea groups is 1. The molecule has 1 aliphatic carbocycles. The highest BCUT2D eigenvalue weighted by atomic mass is 16.2. The summed E-state index contributed by atoms with van der Waals surface area (Å²) in [4.78, 5) is 22.9. The molecule has 0 atom stereocenters. The Morgan fingerprint density at radius 2 is 1.84 bits per heavy atom. The van der Waals surface area contributed by atoms with Gasteiger partial charge in [-0.05, 0) is 31.0 Å². The molecule has 6 heteroatoms. The zero-order valence-corrected chi connectivity index (χ0v) is 10.6. The maximum Gasteiger partial charge on any atom is 0.316 e. The predicted octanol–water partition coefficient (Wildman–Crippen LogP) is 1.24. The lowest BCUT2D eigenvalue weighted by Crippen LogP contribution is -2.47. The Morgan fingerprint density at radius 1 is 1.21 bits per heavy atom. The SMILES string of the molecule is NCC1(C(=O)Nc2cccc(NC(N)=O)c2)CCC1. The highest BCUT2D eigenvalue weighted by Crippen LogP contribution is 2.40. The number of carbonyl (C=O) groups is 2. The Morgan fingerprint density at radius 3 is 2.32 bits per heavy atom. The van der Waals surface area contributed by atoms with Gasteiger partial charge in [0.05, 0.1) is 5.41 Å². The minimum absolute atomic E-state index is 0.0579. The van der Waals surface area contributed by atoms with E-state index in [-0.39, 0.29) is 5.91 Å². The standard InChI is InChI=1S/C13H18N4O2/c14-8-13(5-2-6-13)11(18)16-9-3-1-4-10(7-9)17-12(15)19/h1,3-4,7H,2,5-6,8,14H2,(H,16,18)(H3,15,17,19). The number of nitrogens with one attached hydrogen (secondary N) is 2. The average molecular weight is 262 g/mol. The number of rotatable bonds is 4. The molecule has 1 aromatic carbocycles. The van der Waals surface area contributed by atoms with Crippen molar-refractivity contribution in [3.8, 4) is 0 Å². The van der Waals surface area contributed by atoms with Gasteiger partial charge in [0.25, 0.3) is 0 Å². The molecule has 6 nitrogen and oxygen atoms in total. The van der Waals surface area contributed by atoms with Crippen LogP contribution in [0.4, 0.5) is 16.2 Å². The van der Waals surface area contributed by atoms with Crippen molar-refractivity contribution in [1.82, 2.24) is 0 Å². The maximum absolute atomic E-state index is 12.2. The van der Waals surface area contributed by atoms with Crippen molar-refractivity contribution in [2.75, 3.05) is 17.2 Å². The number of carbonyl (C=O) groups excluding carboxylic acids is 2. The summed E-state index contributed by atoms with van der Waals surface area (Å²) in [5.74, 6) is -0.0579. The Bertz CT molecular complexity index is 492. The van der Waals surface area contributed by atoms with E-state index in [0.717, 1.165) is 19.3 Å². The minimum Gasteiger partial charge on any atom is -0.351 e. The minimum atomic E-state index is -0.638. The second kappa shape index (κ2) is 5.27. The molecule has 1 saturated carbocycles. The lowest BCUT2D eigenvalue weighted by atomic mass is 9.68. The maximum atomic E-state index is 12.2. The molecule has 2 rings (SSSR count). The largest absolute Gasteiger partial charge is 0.351 e. The summed E-state index contributed by atoms with van der Waals surface area (Å²) in [6.07, 6.45) is 2.69. The van der Waals surface area contributed by atoms with Gasteiger partial charge in [-0.3, -0.25) is 4.79 Å². The molecule has 0 heterocycles.